The third-order valence-corrected chi connectivity index (χ3v) is 4.40. The van der Waals surface area contributed by atoms with Gasteiger partial charge in [0.05, 0.1) is 0 Å². The van der Waals surface area contributed by atoms with Crippen molar-refractivity contribution >= 4 is 11.9 Å². The number of anilines is 1. The van der Waals surface area contributed by atoms with E-state index in [-0.39, 0.29) is 11.7 Å². The van der Waals surface area contributed by atoms with Crippen LogP contribution in [0.5, 0.6) is 0 Å². The number of nitrogens with one attached hydrogen (secondary N) is 2. The fraction of sp³-hybridized carbons (Fsp3) is 0.684. The lowest BCUT2D eigenvalue weighted by molar-refractivity contribution is 0.0237. The van der Waals surface area contributed by atoms with Gasteiger partial charge >= 0.3 is 6.09 Å². The van der Waals surface area contributed by atoms with Crippen molar-refractivity contribution in [2.24, 2.45) is 5.92 Å². The van der Waals surface area contributed by atoms with Gasteiger partial charge in [0, 0.05) is 51.5 Å². The van der Waals surface area contributed by atoms with Gasteiger partial charge in [0.15, 0.2) is 5.82 Å². The van der Waals surface area contributed by atoms with Crippen LogP contribution in [0.25, 0.3) is 0 Å². The Labute approximate surface area is 167 Å². The Morgan fingerprint density at radius 1 is 1.46 bits per heavy atom. The quantitative estimate of drug-likeness (QED) is 0.645. The first kappa shape index (κ1) is 21.9. The van der Waals surface area contributed by atoms with E-state index in [2.05, 4.69) is 25.6 Å². The van der Waals surface area contributed by atoms with Crippen LogP contribution in [0, 0.1) is 17.2 Å². The third kappa shape index (κ3) is 7.29. The zero-order chi connectivity index (χ0) is 20.6. The van der Waals surface area contributed by atoms with Gasteiger partial charge in [-0.3, -0.25) is 5.01 Å². The van der Waals surface area contributed by atoms with E-state index in [1.54, 1.807) is 11.1 Å². The summed E-state index contributed by atoms with van der Waals surface area (Å²) in [6.45, 7) is 13.3. The maximum atomic E-state index is 12.5. The monoisotopic (exact) mass is 389 g/mol. The minimum atomic E-state index is -0.595. The number of amides is 1. The smallest absolute Gasteiger partial charge is 0.426 e. The number of aromatic nitrogens is 2. The van der Waals surface area contributed by atoms with E-state index in [1.165, 1.54) is 6.20 Å². The number of nitrogens with zero attached hydrogens (tertiary/aromatic N) is 5. The highest BCUT2D eigenvalue weighted by Gasteiger charge is 2.26. The highest BCUT2D eigenvalue weighted by Crippen LogP contribution is 2.17. The fourth-order valence-electron chi connectivity index (χ4n) is 2.91. The van der Waals surface area contributed by atoms with Gasteiger partial charge in [-0.1, -0.05) is 13.8 Å². The Kier molecular flexibility index (Phi) is 7.96. The van der Waals surface area contributed by atoms with Crippen LogP contribution in [0.2, 0.25) is 0 Å². The SMILES string of the molecule is CC(C)CN(NC(=O)OC(C)(C)CCN1CCNCC1)c1ccnc(C#N)n1. The van der Waals surface area contributed by atoms with Gasteiger partial charge in [-0.15, -0.1) is 0 Å². The molecule has 1 saturated heterocycles. The lowest BCUT2D eigenvalue weighted by Crippen LogP contribution is -2.48. The second-order valence-electron chi connectivity index (χ2n) is 7.96. The van der Waals surface area contributed by atoms with Crippen LogP contribution in [0.15, 0.2) is 12.3 Å². The Balaban J connectivity index is 1.94. The normalized spacial score (nSPS) is 15.1. The first-order valence-corrected chi connectivity index (χ1v) is 9.72. The lowest BCUT2D eigenvalue weighted by atomic mass is 10.0. The number of piperazine rings is 1. The van der Waals surface area contributed by atoms with E-state index in [4.69, 9.17) is 10.00 Å². The van der Waals surface area contributed by atoms with Crippen LogP contribution in [0.4, 0.5) is 10.6 Å². The molecule has 0 unspecified atom stereocenters. The van der Waals surface area contributed by atoms with E-state index in [0.717, 1.165) is 39.1 Å². The molecule has 0 radical (unpaired) electrons. The average Bonchev–Trinajstić information content (AvgIpc) is 2.66. The van der Waals surface area contributed by atoms with Crippen molar-refractivity contribution < 1.29 is 9.53 Å². The van der Waals surface area contributed by atoms with E-state index >= 15 is 0 Å². The Morgan fingerprint density at radius 3 is 2.82 bits per heavy atom. The maximum Gasteiger partial charge on any atom is 0.426 e. The molecule has 28 heavy (non-hydrogen) atoms. The summed E-state index contributed by atoms with van der Waals surface area (Å²) in [4.78, 5) is 22.9. The number of ether oxygens (including phenoxy) is 1. The molecule has 0 saturated carbocycles. The molecule has 9 heteroatoms. The molecular formula is C19H31N7O2. The number of hydrazine groups is 1. The molecule has 0 atom stereocenters. The highest BCUT2D eigenvalue weighted by molar-refractivity contribution is 5.70. The van der Waals surface area contributed by atoms with Crippen molar-refractivity contribution in [3.63, 3.8) is 0 Å². The summed E-state index contributed by atoms with van der Waals surface area (Å²) in [5.74, 6) is 0.773. The summed E-state index contributed by atoms with van der Waals surface area (Å²) in [7, 11) is 0. The van der Waals surface area contributed by atoms with Crippen LogP contribution < -0.4 is 15.8 Å². The van der Waals surface area contributed by atoms with E-state index in [9.17, 15) is 4.79 Å². The topological polar surface area (TPSA) is 106 Å². The molecule has 9 nitrogen and oxygen atoms in total. The van der Waals surface area contributed by atoms with Crippen LogP contribution in [0.3, 0.4) is 0 Å². The third-order valence-electron chi connectivity index (χ3n) is 4.40. The maximum absolute atomic E-state index is 12.5. The van der Waals surface area contributed by atoms with Crippen LogP contribution in [-0.4, -0.2) is 65.8 Å². The predicted octanol–water partition coefficient (Wildman–Crippen LogP) is 1.53. The molecule has 0 aromatic carbocycles. The Morgan fingerprint density at radius 2 is 2.18 bits per heavy atom. The highest BCUT2D eigenvalue weighted by atomic mass is 16.6. The number of nitriles is 1. The predicted molar refractivity (Wildman–Crippen MR) is 107 cm³/mol. The minimum absolute atomic E-state index is 0.0535. The molecule has 0 aliphatic carbocycles. The first-order chi connectivity index (χ1) is 13.3. The zero-order valence-electron chi connectivity index (χ0n) is 17.2. The summed E-state index contributed by atoms with van der Waals surface area (Å²) < 4.78 is 5.68. The van der Waals surface area contributed by atoms with Crippen molar-refractivity contribution in [2.75, 3.05) is 44.3 Å². The van der Waals surface area contributed by atoms with Gasteiger partial charge in [-0.25, -0.2) is 15.2 Å². The molecule has 1 aromatic rings. The molecule has 2 rings (SSSR count). The molecule has 0 bridgehead atoms. The van der Waals surface area contributed by atoms with Crippen molar-refractivity contribution in [1.29, 1.82) is 5.26 Å². The van der Waals surface area contributed by atoms with Crippen molar-refractivity contribution in [3.05, 3.63) is 18.1 Å². The molecule has 1 aliphatic rings. The van der Waals surface area contributed by atoms with Gasteiger partial charge in [0.2, 0.25) is 5.82 Å². The van der Waals surface area contributed by atoms with Gasteiger partial charge in [0.25, 0.3) is 0 Å². The molecule has 0 spiro atoms. The van der Waals surface area contributed by atoms with E-state index in [0.29, 0.717) is 12.4 Å². The van der Waals surface area contributed by atoms with E-state index < -0.39 is 11.7 Å². The molecule has 154 valence electrons. The molecule has 1 aliphatic heterocycles. The van der Waals surface area contributed by atoms with Gasteiger partial charge < -0.3 is 15.0 Å². The zero-order valence-corrected chi connectivity index (χ0v) is 17.2. The standard InChI is InChI=1S/C19H31N7O2/c1-15(2)14-26(17-5-7-22-16(13-20)23-17)24-18(27)28-19(3,4)6-10-25-11-8-21-9-12-25/h5,7,15,21H,6,8-12,14H2,1-4H3,(H,24,27). The summed E-state index contributed by atoms with van der Waals surface area (Å²) in [6, 6.07) is 3.56. The Hall–Kier alpha value is -2.44. The van der Waals surface area contributed by atoms with E-state index in [1.807, 2.05) is 33.8 Å². The number of hydrogen-bond acceptors (Lipinski definition) is 8. The van der Waals surface area contributed by atoms with Crippen LogP contribution >= 0.6 is 0 Å². The minimum Gasteiger partial charge on any atom is -0.442 e. The molecule has 1 aromatic heterocycles. The molecule has 1 amide bonds. The summed E-state index contributed by atoms with van der Waals surface area (Å²) >= 11 is 0. The Bertz CT molecular complexity index is 681. The molecule has 2 heterocycles. The lowest BCUT2D eigenvalue weighted by Gasteiger charge is -2.32. The molecule has 2 N–H and O–H groups in total. The summed E-state index contributed by atoms with van der Waals surface area (Å²) in [5, 5.41) is 13.9. The van der Waals surface area contributed by atoms with Crippen molar-refractivity contribution in [2.45, 2.75) is 39.7 Å². The summed E-state index contributed by atoms with van der Waals surface area (Å²) in [6.07, 6.45) is 1.71. The first-order valence-electron chi connectivity index (χ1n) is 9.72. The molecule has 1 fully saturated rings. The van der Waals surface area contributed by atoms with Crippen LogP contribution in [-0.2, 0) is 4.74 Å². The van der Waals surface area contributed by atoms with Gasteiger partial charge in [0.1, 0.15) is 11.7 Å². The molecular weight excluding hydrogens is 358 g/mol. The largest absolute Gasteiger partial charge is 0.442 e. The fourth-order valence-corrected chi connectivity index (χ4v) is 2.91. The second-order valence-corrected chi connectivity index (χ2v) is 7.96. The van der Waals surface area contributed by atoms with Crippen molar-refractivity contribution in [1.82, 2.24) is 25.6 Å². The second kappa shape index (κ2) is 10.2. The number of carbonyl (C=O) groups excluding carboxylic acids is 1. The average molecular weight is 390 g/mol. The van der Waals surface area contributed by atoms with Gasteiger partial charge in [-0.2, -0.15) is 10.2 Å². The number of carbonyl (C=O) groups is 1. The van der Waals surface area contributed by atoms with Crippen LogP contribution in [0.1, 0.15) is 39.9 Å². The number of hydrogen-bond donors (Lipinski definition) is 2. The van der Waals surface area contributed by atoms with Crippen molar-refractivity contribution in [3.8, 4) is 6.07 Å². The number of rotatable bonds is 8. The summed E-state index contributed by atoms with van der Waals surface area (Å²) in [5.41, 5.74) is 2.16. The van der Waals surface area contributed by atoms with Gasteiger partial charge in [-0.05, 0) is 26.2 Å².